The van der Waals surface area contributed by atoms with Crippen LogP contribution in [0.25, 0.3) is 0 Å². The molecule has 2 aliphatic rings. The third-order valence-corrected chi connectivity index (χ3v) is 4.79. The van der Waals surface area contributed by atoms with Crippen molar-refractivity contribution >= 4 is 5.82 Å². The fourth-order valence-electron chi connectivity index (χ4n) is 3.54. The Morgan fingerprint density at radius 2 is 2.00 bits per heavy atom. The Hall–Kier alpha value is -1.09. The minimum atomic E-state index is 0.116. The lowest BCUT2D eigenvalue weighted by atomic mass is 9.64. The van der Waals surface area contributed by atoms with Crippen molar-refractivity contribution in [3.8, 4) is 0 Å². The fourth-order valence-corrected chi connectivity index (χ4v) is 3.54. The molecule has 0 saturated carbocycles. The summed E-state index contributed by atoms with van der Waals surface area (Å²) < 4.78 is 0. The third-order valence-electron chi connectivity index (χ3n) is 4.79. The fraction of sp³-hybridized carbons (Fsp3) is 0.643. The van der Waals surface area contributed by atoms with Gasteiger partial charge in [0, 0.05) is 22.7 Å². The minimum absolute atomic E-state index is 0.116. The largest absolute Gasteiger partial charge is 0.364 e. The molecule has 92 valence electrons. The molecule has 0 aromatic carbocycles. The molecule has 2 aliphatic heterocycles. The van der Waals surface area contributed by atoms with Crippen LogP contribution < -0.4 is 5.32 Å². The number of aromatic nitrogens is 1. The first-order chi connectivity index (χ1) is 8.05. The number of pyridine rings is 1. The van der Waals surface area contributed by atoms with Crippen molar-refractivity contribution in [3.05, 3.63) is 23.9 Å². The predicted octanol–water partition coefficient (Wildman–Crippen LogP) is 2.25. The van der Waals surface area contributed by atoms with Gasteiger partial charge in [0.1, 0.15) is 5.82 Å². The molecule has 17 heavy (non-hydrogen) atoms. The van der Waals surface area contributed by atoms with Gasteiger partial charge in [-0.25, -0.2) is 4.98 Å². The van der Waals surface area contributed by atoms with E-state index in [1.54, 1.807) is 0 Å². The van der Waals surface area contributed by atoms with E-state index in [0.717, 1.165) is 5.82 Å². The Labute approximate surface area is 103 Å². The van der Waals surface area contributed by atoms with E-state index in [9.17, 15) is 0 Å². The molecule has 1 aromatic rings. The highest BCUT2D eigenvalue weighted by atomic mass is 15.1. The molecule has 0 radical (unpaired) electrons. The second-order valence-corrected chi connectivity index (χ2v) is 6.03. The Morgan fingerprint density at radius 1 is 1.29 bits per heavy atom. The minimum Gasteiger partial charge on any atom is -0.364 e. The monoisotopic (exact) mass is 231 g/mol. The molecule has 0 amide bonds. The maximum Gasteiger partial charge on any atom is 0.130 e. The first kappa shape index (κ1) is 11.0. The molecule has 1 spiro atoms. The topological polar surface area (TPSA) is 28.2 Å². The number of piperidine rings is 1. The summed E-state index contributed by atoms with van der Waals surface area (Å²) in [6.07, 6.45) is 4.33. The quantitative estimate of drug-likeness (QED) is 0.742. The van der Waals surface area contributed by atoms with Crippen molar-refractivity contribution in [2.45, 2.75) is 37.6 Å². The number of rotatable bonds is 0. The highest BCUT2D eigenvalue weighted by molar-refractivity contribution is 5.59. The Balaban J connectivity index is 2.07. The number of nitrogens with zero attached hydrogens (tertiary/aromatic N) is 2. The summed E-state index contributed by atoms with van der Waals surface area (Å²) in [7, 11) is 2.21. The van der Waals surface area contributed by atoms with Gasteiger partial charge in [0.15, 0.2) is 0 Å². The third kappa shape index (κ3) is 1.41. The number of hydrogen-bond donors (Lipinski definition) is 1. The number of hydrogen-bond acceptors (Lipinski definition) is 3. The molecular weight excluding hydrogens is 210 g/mol. The summed E-state index contributed by atoms with van der Waals surface area (Å²) in [6.45, 7) is 7.00. The van der Waals surface area contributed by atoms with Crippen LogP contribution in [0, 0.1) is 0 Å². The van der Waals surface area contributed by atoms with Crippen LogP contribution in [-0.2, 0) is 5.41 Å². The van der Waals surface area contributed by atoms with Crippen molar-refractivity contribution in [1.82, 2.24) is 9.88 Å². The van der Waals surface area contributed by atoms with E-state index < -0.39 is 0 Å². The zero-order chi connectivity index (χ0) is 12.1. The molecule has 3 nitrogen and oxygen atoms in total. The maximum atomic E-state index is 4.50. The first-order valence-electron chi connectivity index (χ1n) is 6.47. The van der Waals surface area contributed by atoms with Gasteiger partial charge in [0.05, 0.1) is 0 Å². The van der Waals surface area contributed by atoms with Gasteiger partial charge in [0.2, 0.25) is 0 Å². The summed E-state index contributed by atoms with van der Waals surface area (Å²) in [6, 6.07) is 4.33. The molecule has 1 fully saturated rings. The first-order valence-corrected chi connectivity index (χ1v) is 6.47. The zero-order valence-corrected chi connectivity index (χ0v) is 11.0. The molecule has 3 heteroatoms. The van der Waals surface area contributed by atoms with E-state index in [-0.39, 0.29) is 11.0 Å². The molecule has 3 heterocycles. The van der Waals surface area contributed by atoms with E-state index >= 15 is 0 Å². The zero-order valence-electron chi connectivity index (χ0n) is 11.0. The van der Waals surface area contributed by atoms with Gasteiger partial charge < -0.3 is 10.2 Å². The van der Waals surface area contributed by atoms with Crippen LogP contribution in [-0.4, -0.2) is 35.6 Å². The van der Waals surface area contributed by atoms with E-state index in [1.165, 1.54) is 31.5 Å². The van der Waals surface area contributed by atoms with Gasteiger partial charge in [-0.05, 0) is 52.9 Å². The Kier molecular flexibility index (Phi) is 2.24. The predicted molar refractivity (Wildman–Crippen MR) is 70.3 cm³/mol. The maximum absolute atomic E-state index is 4.50. The average Bonchev–Trinajstić information content (AvgIpc) is 2.51. The van der Waals surface area contributed by atoms with Crippen LogP contribution in [0.15, 0.2) is 18.3 Å². The standard InChI is InChI=1S/C14H21N3/c1-13(2)14(6-9-17(3)10-7-14)11-5-4-8-15-12(11)16-13/h4-5,8H,6-7,9-10H2,1-3H3,(H,15,16). The Morgan fingerprint density at radius 3 is 2.71 bits per heavy atom. The SMILES string of the molecule is CN1CCC2(CC1)c1cccnc1NC2(C)C. The summed E-state index contributed by atoms with van der Waals surface area (Å²) in [5.74, 6) is 1.10. The van der Waals surface area contributed by atoms with Crippen molar-refractivity contribution in [1.29, 1.82) is 0 Å². The lowest BCUT2D eigenvalue weighted by molar-refractivity contribution is 0.146. The van der Waals surface area contributed by atoms with Crippen molar-refractivity contribution in [2.75, 3.05) is 25.5 Å². The van der Waals surface area contributed by atoms with Crippen molar-refractivity contribution in [2.24, 2.45) is 0 Å². The van der Waals surface area contributed by atoms with E-state index in [2.05, 4.69) is 48.2 Å². The summed E-state index contributed by atoms with van der Waals surface area (Å²) >= 11 is 0. The van der Waals surface area contributed by atoms with Gasteiger partial charge in [-0.3, -0.25) is 0 Å². The molecule has 0 aliphatic carbocycles. The molecule has 1 N–H and O–H groups in total. The van der Waals surface area contributed by atoms with Crippen LogP contribution in [0.3, 0.4) is 0 Å². The Bertz CT molecular complexity index is 431. The van der Waals surface area contributed by atoms with Gasteiger partial charge in [-0.15, -0.1) is 0 Å². The summed E-state index contributed by atoms with van der Waals surface area (Å²) in [4.78, 5) is 6.93. The smallest absolute Gasteiger partial charge is 0.130 e. The van der Waals surface area contributed by atoms with Gasteiger partial charge >= 0.3 is 0 Å². The van der Waals surface area contributed by atoms with Gasteiger partial charge in [-0.1, -0.05) is 6.07 Å². The molecule has 0 bridgehead atoms. The van der Waals surface area contributed by atoms with Crippen LogP contribution in [0.4, 0.5) is 5.82 Å². The molecule has 0 unspecified atom stereocenters. The lowest BCUT2D eigenvalue weighted by Crippen LogP contribution is -2.53. The van der Waals surface area contributed by atoms with Crippen molar-refractivity contribution < 1.29 is 0 Å². The van der Waals surface area contributed by atoms with Crippen LogP contribution in [0.5, 0.6) is 0 Å². The number of nitrogens with one attached hydrogen (secondary N) is 1. The number of anilines is 1. The van der Waals surface area contributed by atoms with E-state index in [1.807, 2.05) is 6.20 Å². The summed E-state index contributed by atoms with van der Waals surface area (Å²) in [5.41, 5.74) is 1.81. The van der Waals surface area contributed by atoms with Crippen LogP contribution >= 0.6 is 0 Å². The number of likely N-dealkylation sites (tertiary alicyclic amines) is 1. The van der Waals surface area contributed by atoms with Crippen molar-refractivity contribution in [3.63, 3.8) is 0 Å². The van der Waals surface area contributed by atoms with Gasteiger partial charge in [0.25, 0.3) is 0 Å². The summed E-state index contributed by atoms with van der Waals surface area (Å²) in [5, 5.41) is 3.62. The average molecular weight is 231 g/mol. The highest BCUT2D eigenvalue weighted by Gasteiger charge is 2.53. The second kappa shape index (κ2) is 3.45. The van der Waals surface area contributed by atoms with Crippen LogP contribution in [0.2, 0.25) is 0 Å². The molecule has 1 aromatic heterocycles. The lowest BCUT2D eigenvalue weighted by Gasteiger charge is -2.46. The normalized spacial score (nSPS) is 25.6. The van der Waals surface area contributed by atoms with E-state index in [4.69, 9.17) is 0 Å². The molecule has 0 atom stereocenters. The number of fused-ring (bicyclic) bond motifs is 2. The van der Waals surface area contributed by atoms with Crippen LogP contribution in [0.1, 0.15) is 32.3 Å². The molecule has 3 rings (SSSR count). The second-order valence-electron chi connectivity index (χ2n) is 6.03. The van der Waals surface area contributed by atoms with E-state index in [0.29, 0.717) is 0 Å². The van der Waals surface area contributed by atoms with Gasteiger partial charge in [-0.2, -0.15) is 0 Å². The highest BCUT2D eigenvalue weighted by Crippen LogP contribution is 2.52. The molecule has 1 saturated heterocycles. The molecular formula is C14H21N3.